The van der Waals surface area contributed by atoms with E-state index in [0.717, 1.165) is 89.9 Å². The molecule has 2 atom stereocenters. The van der Waals surface area contributed by atoms with Crippen LogP contribution in [0.2, 0.25) is 0 Å². The van der Waals surface area contributed by atoms with Crippen LogP contribution in [-0.2, 0) is 32.7 Å². The third-order valence-corrected chi connectivity index (χ3v) is 18.8. The normalized spacial score (nSPS) is 13.6. The lowest BCUT2D eigenvalue weighted by molar-refractivity contribution is -0.870. The number of rotatable bonds is 75. The van der Waals surface area contributed by atoms with E-state index in [9.17, 15) is 19.0 Å². The maximum atomic E-state index is 12.9. The van der Waals surface area contributed by atoms with Gasteiger partial charge in [-0.05, 0) is 96.3 Å². The molecule has 96 heavy (non-hydrogen) atoms. The average Bonchev–Trinajstić information content (AvgIpc) is 2.54. The monoisotopic (exact) mass is 1360 g/mol. The second-order valence-corrected chi connectivity index (χ2v) is 29.8. The molecule has 9 nitrogen and oxygen atoms in total. The third kappa shape index (κ3) is 79.7. The zero-order chi connectivity index (χ0) is 69.7. The summed E-state index contributed by atoms with van der Waals surface area (Å²) in [5.74, 6) is -0.780. The molecule has 0 rings (SSSR count). The minimum atomic E-state index is -4.40. The number of likely N-dealkylation sites (N-methyl/N-ethyl adjacent to an activating group) is 1. The Labute approximate surface area is 595 Å². The molecular formula is C86H155NO8P+. The van der Waals surface area contributed by atoms with Crippen LogP contribution in [0.15, 0.2) is 109 Å². The number of carbonyl (C=O) groups excluding carboxylic acids is 2. The average molecular weight is 1360 g/mol. The summed E-state index contributed by atoms with van der Waals surface area (Å²) in [6.07, 6.45) is 108. The van der Waals surface area contributed by atoms with Crippen LogP contribution in [0.1, 0.15) is 373 Å². The summed E-state index contributed by atoms with van der Waals surface area (Å²) in [4.78, 5) is 36.0. The first-order chi connectivity index (χ1) is 47.0. The number of ether oxygens (including phenoxy) is 2. The highest BCUT2D eigenvalue weighted by Gasteiger charge is 2.27. The van der Waals surface area contributed by atoms with Crippen molar-refractivity contribution in [3.8, 4) is 0 Å². The van der Waals surface area contributed by atoms with Crippen molar-refractivity contribution < 1.29 is 42.1 Å². The largest absolute Gasteiger partial charge is 0.472 e. The molecule has 0 aliphatic rings. The number of hydrogen-bond acceptors (Lipinski definition) is 7. The number of quaternary nitrogens is 1. The van der Waals surface area contributed by atoms with Crippen molar-refractivity contribution in [3.05, 3.63) is 109 Å². The van der Waals surface area contributed by atoms with E-state index in [-0.39, 0.29) is 32.0 Å². The molecule has 0 bridgehead atoms. The Bertz CT molecular complexity index is 1990. The summed E-state index contributed by atoms with van der Waals surface area (Å²) in [5.41, 5.74) is 0. The molecular weight excluding hydrogens is 1210 g/mol. The minimum Gasteiger partial charge on any atom is -0.462 e. The van der Waals surface area contributed by atoms with Crippen LogP contribution in [0.4, 0.5) is 0 Å². The topological polar surface area (TPSA) is 108 Å². The predicted molar refractivity (Wildman–Crippen MR) is 418 cm³/mol. The molecule has 0 aliphatic heterocycles. The lowest BCUT2D eigenvalue weighted by Crippen LogP contribution is -2.37. The Balaban J connectivity index is 3.91. The zero-order valence-corrected chi connectivity index (χ0v) is 64.5. The van der Waals surface area contributed by atoms with Crippen LogP contribution in [0.3, 0.4) is 0 Å². The molecule has 2 unspecified atom stereocenters. The molecule has 0 saturated carbocycles. The lowest BCUT2D eigenvalue weighted by atomic mass is 10.0. The van der Waals surface area contributed by atoms with Gasteiger partial charge < -0.3 is 18.9 Å². The molecule has 0 fully saturated rings. The van der Waals surface area contributed by atoms with E-state index in [1.807, 2.05) is 21.1 Å². The van der Waals surface area contributed by atoms with E-state index >= 15 is 0 Å². The fraction of sp³-hybridized carbons (Fsp3) is 0.767. The summed E-state index contributed by atoms with van der Waals surface area (Å²) >= 11 is 0. The van der Waals surface area contributed by atoms with E-state index in [4.69, 9.17) is 18.5 Å². The molecule has 1 N–H and O–H groups in total. The van der Waals surface area contributed by atoms with Crippen molar-refractivity contribution in [2.45, 2.75) is 380 Å². The van der Waals surface area contributed by atoms with Crippen LogP contribution in [0.25, 0.3) is 0 Å². The first-order valence-electron chi connectivity index (χ1n) is 40.6. The quantitative estimate of drug-likeness (QED) is 0.0211. The second-order valence-electron chi connectivity index (χ2n) is 28.4. The van der Waals surface area contributed by atoms with Gasteiger partial charge in [0, 0.05) is 12.8 Å². The van der Waals surface area contributed by atoms with Crippen LogP contribution in [-0.4, -0.2) is 74.9 Å². The van der Waals surface area contributed by atoms with Gasteiger partial charge in [-0.1, -0.05) is 374 Å². The number of carbonyl (C=O) groups is 2. The van der Waals surface area contributed by atoms with Gasteiger partial charge in [0.25, 0.3) is 0 Å². The van der Waals surface area contributed by atoms with E-state index in [1.165, 1.54) is 250 Å². The van der Waals surface area contributed by atoms with Crippen molar-refractivity contribution in [2.75, 3.05) is 47.5 Å². The van der Waals surface area contributed by atoms with Crippen LogP contribution in [0.5, 0.6) is 0 Å². The summed E-state index contributed by atoms with van der Waals surface area (Å²) in [6, 6.07) is 0. The number of hydrogen-bond donors (Lipinski definition) is 1. The van der Waals surface area contributed by atoms with Crippen LogP contribution < -0.4 is 0 Å². The highest BCUT2D eigenvalue weighted by molar-refractivity contribution is 7.47. The molecule has 0 saturated heterocycles. The molecule has 0 radical (unpaired) electrons. The van der Waals surface area contributed by atoms with Gasteiger partial charge in [-0.3, -0.25) is 18.6 Å². The summed E-state index contributed by atoms with van der Waals surface area (Å²) < 4.78 is 34.8. The van der Waals surface area contributed by atoms with Gasteiger partial charge in [0.2, 0.25) is 0 Å². The fourth-order valence-electron chi connectivity index (χ4n) is 11.7. The van der Waals surface area contributed by atoms with E-state index in [1.54, 1.807) is 0 Å². The number of esters is 2. The summed E-state index contributed by atoms with van der Waals surface area (Å²) in [5, 5.41) is 0. The van der Waals surface area contributed by atoms with Gasteiger partial charge in [0.1, 0.15) is 19.8 Å². The Hall–Kier alpha value is -3.33. The van der Waals surface area contributed by atoms with Gasteiger partial charge in [0.15, 0.2) is 6.10 Å². The van der Waals surface area contributed by atoms with Crippen molar-refractivity contribution in [2.24, 2.45) is 0 Å². The van der Waals surface area contributed by atoms with Gasteiger partial charge >= 0.3 is 19.8 Å². The number of phosphoric acid groups is 1. The molecule has 10 heteroatoms. The number of allylic oxidation sites excluding steroid dienone is 18. The smallest absolute Gasteiger partial charge is 0.462 e. The van der Waals surface area contributed by atoms with E-state index < -0.39 is 26.5 Å². The number of nitrogens with zero attached hydrogens (tertiary/aromatic N) is 1. The fourth-order valence-corrected chi connectivity index (χ4v) is 12.4. The summed E-state index contributed by atoms with van der Waals surface area (Å²) in [6.45, 7) is 4.26. The second kappa shape index (κ2) is 75.9. The van der Waals surface area contributed by atoms with Crippen molar-refractivity contribution in [1.82, 2.24) is 0 Å². The van der Waals surface area contributed by atoms with Gasteiger partial charge in [-0.15, -0.1) is 0 Å². The Morgan fingerprint density at radius 1 is 0.323 bits per heavy atom. The SMILES string of the molecule is CC/C=C\C/C=C\C/C=C\C/C=C\C/C=C\CCCCCCCCCCCCCCCCCCCCCCCCCCCC(=O)OC(COC(=O)CCCCCCCCCCCCCCCCCCCC/C=C\C/C=C\C/C=C\C/C=C\CC)COP(=O)(O)OCC[N+](C)(C)C. The third-order valence-electron chi connectivity index (χ3n) is 17.8. The maximum absolute atomic E-state index is 12.9. The van der Waals surface area contributed by atoms with Crippen molar-refractivity contribution >= 4 is 19.8 Å². The van der Waals surface area contributed by atoms with Gasteiger partial charge in [-0.2, -0.15) is 0 Å². The Morgan fingerprint density at radius 2 is 0.562 bits per heavy atom. The molecule has 0 spiro atoms. The molecule has 0 aromatic rings. The van der Waals surface area contributed by atoms with Crippen molar-refractivity contribution in [1.29, 1.82) is 0 Å². The van der Waals surface area contributed by atoms with E-state index in [2.05, 4.69) is 123 Å². The minimum absolute atomic E-state index is 0.0317. The molecule has 0 heterocycles. The first-order valence-corrected chi connectivity index (χ1v) is 42.1. The van der Waals surface area contributed by atoms with Gasteiger partial charge in [-0.25, -0.2) is 4.57 Å². The number of phosphoric ester groups is 1. The molecule has 0 amide bonds. The first kappa shape index (κ1) is 92.7. The van der Waals surface area contributed by atoms with Crippen LogP contribution >= 0.6 is 7.82 Å². The Kier molecular flexibility index (Phi) is 73.2. The zero-order valence-electron chi connectivity index (χ0n) is 63.6. The number of unbranched alkanes of at least 4 members (excludes halogenated alkanes) is 43. The molecule has 556 valence electrons. The van der Waals surface area contributed by atoms with Crippen LogP contribution in [0, 0.1) is 0 Å². The van der Waals surface area contributed by atoms with E-state index in [0.29, 0.717) is 17.4 Å². The Morgan fingerprint density at radius 3 is 0.833 bits per heavy atom. The summed E-state index contributed by atoms with van der Waals surface area (Å²) in [7, 11) is 1.49. The maximum Gasteiger partial charge on any atom is 0.472 e. The lowest BCUT2D eigenvalue weighted by Gasteiger charge is -2.24. The highest BCUT2D eigenvalue weighted by Crippen LogP contribution is 2.43. The standard InChI is InChI=1S/C86H154NO8P/c1-6-8-10-12-14-16-18-20-22-24-26-28-30-32-34-36-38-39-40-41-42-43-44-45-46-47-49-51-53-55-57-59-61-63-65-67-69-71-73-75-77-79-86(89)95-84(83-94-96(90,91)93-81-80-87(3,4)5)82-92-85(88)78-76-74-72-70-68-66-64-62-60-58-56-54-52-50-48-37-35-33-31-29-27-25-23-21-19-17-15-13-11-9-7-2/h8-11,14-17,20-23,26-29,32,34,84H,6-7,12-13,18-19,24-25,30-31,33,35-83H2,1-5H3/p+1/b10-8-,11-9-,16-14-,17-15-,22-20-,23-21-,28-26-,29-27-,34-32-. The molecule has 0 aliphatic carbocycles. The van der Waals surface area contributed by atoms with Crippen molar-refractivity contribution in [3.63, 3.8) is 0 Å². The highest BCUT2D eigenvalue weighted by atomic mass is 31.2. The molecule has 0 aromatic carbocycles. The predicted octanol–water partition coefficient (Wildman–Crippen LogP) is 27.2. The molecule has 0 aromatic heterocycles. The van der Waals surface area contributed by atoms with Gasteiger partial charge in [0.05, 0.1) is 27.7 Å².